The molecule has 0 radical (unpaired) electrons. The fourth-order valence-corrected chi connectivity index (χ4v) is 3.29. The SMILES string of the molecule is N#CC(CS(=O)c1ccccc1[N+](=O)[O-])c1ccccc1. The van der Waals surface area contributed by atoms with E-state index in [1.165, 1.54) is 18.2 Å². The molecule has 0 saturated heterocycles. The molecule has 106 valence electrons. The number of nitro groups is 1. The van der Waals surface area contributed by atoms with E-state index in [0.29, 0.717) is 0 Å². The molecule has 0 aliphatic rings. The van der Waals surface area contributed by atoms with Gasteiger partial charge in [0, 0.05) is 11.8 Å². The van der Waals surface area contributed by atoms with Crippen molar-refractivity contribution in [2.75, 3.05) is 5.75 Å². The normalized spacial score (nSPS) is 13.1. The predicted molar refractivity (Wildman–Crippen MR) is 79.2 cm³/mol. The first kappa shape index (κ1) is 14.9. The van der Waals surface area contributed by atoms with E-state index in [9.17, 15) is 19.6 Å². The van der Waals surface area contributed by atoms with Gasteiger partial charge in [-0.2, -0.15) is 5.26 Å². The quantitative estimate of drug-likeness (QED) is 0.627. The molecule has 5 nitrogen and oxygen atoms in total. The van der Waals surface area contributed by atoms with Crippen LogP contribution in [-0.4, -0.2) is 14.9 Å². The number of nitriles is 1. The summed E-state index contributed by atoms with van der Waals surface area (Å²) in [6.45, 7) is 0. The standard InChI is InChI=1S/C15H12N2O3S/c16-10-13(12-6-2-1-3-7-12)11-21(20)15-9-5-4-8-14(15)17(18)19/h1-9,13H,11H2. The number of benzene rings is 2. The molecule has 0 spiro atoms. The van der Waals surface area contributed by atoms with Crippen molar-refractivity contribution >= 4 is 16.5 Å². The van der Waals surface area contributed by atoms with E-state index in [2.05, 4.69) is 6.07 Å². The fraction of sp³-hybridized carbons (Fsp3) is 0.133. The van der Waals surface area contributed by atoms with E-state index in [1.54, 1.807) is 30.3 Å². The molecule has 0 saturated carbocycles. The van der Waals surface area contributed by atoms with Gasteiger partial charge in [-0.1, -0.05) is 42.5 Å². The molecule has 0 amide bonds. The van der Waals surface area contributed by atoms with Gasteiger partial charge in [-0.25, -0.2) is 0 Å². The molecule has 0 aliphatic heterocycles. The molecule has 0 bridgehead atoms. The number of hydrogen-bond donors (Lipinski definition) is 0. The van der Waals surface area contributed by atoms with Gasteiger partial charge in [-0.15, -0.1) is 0 Å². The lowest BCUT2D eigenvalue weighted by Crippen LogP contribution is -2.09. The van der Waals surface area contributed by atoms with E-state index in [1.807, 2.05) is 6.07 Å². The van der Waals surface area contributed by atoms with Crippen LogP contribution >= 0.6 is 0 Å². The van der Waals surface area contributed by atoms with Crippen molar-refractivity contribution in [1.29, 1.82) is 5.26 Å². The summed E-state index contributed by atoms with van der Waals surface area (Å²) in [4.78, 5) is 10.6. The van der Waals surface area contributed by atoms with Crippen LogP contribution in [-0.2, 0) is 10.8 Å². The van der Waals surface area contributed by atoms with E-state index in [4.69, 9.17) is 0 Å². The Kier molecular flexibility index (Phi) is 4.80. The van der Waals surface area contributed by atoms with Crippen LogP contribution in [0.4, 0.5) is 5.69 Å². The summed E-state index contributed by atoms with van der Waals surface area (Å²) in [5, 5.41) is 20.2. The zero-order chi connectivity index (χ0) is 15.2. The monoisotopic (exact) mass is 300 g/mol. The first-order valence-electron chi connectivity index (χ1n) is 6.20. The Morgan fingerprint density at radius 1 is 1.14 bits per heavy atom. The summed E-state index contributed by atoms with van der Waals surface area (Å²) in [6.07, 6.45) is 0. The van der Waals surface area contributed by atoms with Gasteiger partial charge < -0.3 is 0 Å². The molecule has 6 heteroatoms. The third-order valence-corrected chi connectivity index (χ3v) is 4.45. The second-order valence-electron chi connectivity index (χ2n) is 4.33. The number of para-hydroxylation sites is 1. The first-order valence-corrected chi connectivity index (χ1v) is 7.51. The largest absolute Gasteiger partial charge is 0.285 e. The lowest BCUT2D eigenvalue weighted by Gasteiger charge is -2.09. The van der Waals surface area contributed by atoms with E-state index in [0.717, 1.165) is 5.56 Å². The maximum atomic E-state index is 12.4. The number of nitrogens with zero attached hydrogens (tertiary/aromatic N) is 2. The Morgan fingerprint density at radius 2 is 1.76 bits per heavy atom. The Balaban J connectivity index is 2.26. The van der Waals surface area contributed by atoms with E-state index >= 15 is 0 Å². The molecule has 2 rings (SSSR count). The first-order chi connectivity index (χ1) is 10.1. The second kappa shape index (κ2) is 6.77. The number of nitro benzene ring substituents is 1. The molecular weight excluding hydrogens is 288 g/mol. The minimum Gasteiger partial charge on any atom is -0.258 e. The van der Waals surface area contributed by atoms with Crippen LogP contribution in [0.2, 0.25) is 0 Å². The van der Waals surface area contributed by atoms with Gasteiger partial charge in [0.2, 0.25) is 0 Å². The molecule has 0 heterocycles. The van der Waals surface area contributed by atoms with Crippen LogP contribution < -0.4 is 0 Å². The molecular formula is C15H12N2O3S. The van der Waals surface area contributed by atoms with Gasteiger partial charge in [-0.3, -0.25) is 14.3 Å². The van der Waals surface area contributed by atoms with Crippen molar-refractivity contribution in [3.05, 3.63) is 70.3 Å². The zero-order valence-corrected chi connectivity index (χ0v) is 11.8. The average molecular weight is 300 g/mol. The average Bonchev–Trinajstić information content (AvgIpc) is 2.53. The van der Waals surface area contributed by atoms with Crippen molar-refractivity contribution in [3.63, 3.8) is 0 Å². The van der Waals surface area contributed by atoms with Crippen LogP contribution in [0.5, 0.6) is 0 Å². The van der Waals surface area contributed by atoms with Gasteiger partial charge in [0.15, 0.2) is 0 Å². The highest BCUT2D eigenvalue weighted by Crippen LogP contribution is 2.25. The smallest absolute Gasteiger partial charge is 0.258 e. The molecule has 2 aromatic carbocycles. The highest BCUT2D eigenvalue weighted by Gasteiger charge is 2.22. The predicted octanol–water partition coefficient (Wildman–Crippen LogP) is 3.01. The molecule has 0 N–H and O–H groups in total. The van der Waals surface area contributed by atoms with Crippen molar-refractivity contribution in [2.24, 2.45) is 0 Å². The topological polar surface area (TPSA) is 84.0 Å². The number of hydrogen-bond acceptors (Lipinski definition) is 4. The van der Waals surface area contributed by atoms with E-state index < -0.39 is 21.6 Å². The Labute approximate surface area is 124 Å². The van der Waals surface area contributed by atoms with Crippen molar-refractivity contribution in [2.45, 2.75) is 10.8 Å². The summed E-state index contributed by atoms with van der Waals surface area (Å²) in [5.41, 5.74) is 0.576. The summed E-state index contributed by atoms with van der Waals surface area (Å²) in [5.74, 6) is -0.530. The molecule has 0 aliphatic carbocycles. The summed E-state index contributed by atoms with van der Waals surface area (Å²) < 4.78 is 12.4. The molecule has 2 aromatic rings. The molecule has 21 heavy (non-hydrogen) atoms. The minimum absolute atomic E-state index is 0.0331. The van der Waals surface area contributed by atoms with Crippen LogP contribution in [0, 0.1) is 21.4 Å². The van der Waals surface area contributed by atoms with Gasteiger partial charge >= 0.3 is 0 Å². The Hall–Kier alpha value is -2.52. The van der Waals surface area contributed by atoms with Crippen LogP contribution in [0.25, 0.3) is 0 Å². The summed E-state index contributed by atoms with van der Waals surface area (Å²) in [6, 6.07) is 17.0. The van der Waals surface area contributed by atoms with Crippen LogP contribution in [0.15, 0.2) is 59.5 Å². The van der Waals surface area contributed by atoms with Crippen molar-refractivity contribution < 1.29 is 9.13 Å². The van der Waals surface area contributed by atoms with Gasteiger partial charge in [0.1, 0.15) is 4.90 Å². The summed E-state index contributed by atoms with van der Waals surface area (Å²) in [7, 11) is -1.61. The molecule has 0 aromatic heterocycles. The molecule has 2 unspecified atom stereocenters. The number of rotatable bonds is 5. The van der Waals surface area contributed by atoms with Crippen molar-refractivity contribution in [1.82, 2.24) is 0 Å². The van der Waals surface area contributed by atoms with Crippen molar-refractivity contribution in [3.8, 4) is 6.07 Å². The van der Waals surface area contributed by atoms with Gasteiger partial charge in [-0.05, 0) is 11.6 Å². The molecule has 0 fully saturated rings. The second-order valence-corrected chi connectivity index (χ2v) is 5.79. The lowest BCUT2D eigenvalue weighted by atomic mass is 10.0. The lowest BCUT2D eigenvalue weighted by molar-refractivity contribution is -0.387. The summed E-state index contributed by atoms with van der Waals surface area (Å²) >= 11 is 0. The maximum absolute atomic E-state index is 12.4. The van der Waals surface area contributed by atoms with Crippen LogP contribution in [0.3, 0.4) is 0 Å². The maximum Gasteiger partial charge on any atom is 0.285 e. The van der Waals surface area contributed by atoms with Crippen LogP contribution in [0.1, 0.15) is 11.5 Å². The zero-order valence-electron chi connectivity index (χ0n) is 11.0. The fourth-order valence-electron chi connectivity index (χ4n) is 1.94. The van der Waals surface area contributed by atoms with Gasteiger partial charge in [0.25, 0.3) is 5.69 Å². The van der Waals surface area contributed by atoms with Gasteiger partial charge in [0.05, 0.1) is 27.7 Å². The highest BCUT2D eigenvalue weighted by atomic mass is 32.2. The Morgan fingerprint density at radius 3 is 2.38 bits per heavy atom. The third-order valence-electron chi connectivity index (χ3n) is 2.98. The minimum atomic E-state index is -1.61. The Bertz CT molecular complexity index is 710. The van der Waals surface area contributed by atoms with E-state index in [-0.39, 0.29) is 16.3 Å². The third kappa shape index (κ3) is 3.52. The highest BCUT2D eigenvalue weighted by molar-refractivity contribution is 7.85. The molecule has 2 atom stereocenters.